The van der Waals surface area contributed by atoms with Gasteiger partial charge in [0.15, 0.2) is 5.82 Å². The van der Waals surface area contributed by atoms with E-state index in [0.717, 1.165) is 50.4 Å². The van der Waals surface area contributed by atoms with Crippen molar-refractivity contribution >= 4 is 23.2 Å². The van der Waals surface area contributed by atoms with Crippen molar-refractivity contribution in [2.45, 2.75) is 44.3 Å². The third kappa shape index (κ3) is 5.58. The van der Waals surface area contributed by atoms with Crippen LogP contribution < -0.4 is 10.2 Å². The van der Waals surface area contributed by atoms with Crippen molar-refractivity contribution in [2.24, 2.45) is 0 Å². The van der Waals surface area contributed by atoms with Crippen molar-refractivity contribution in [1.29, 1.82) is 0 Å². The van der Waals surface area contributed by atoms with Gasteiger partial charge in [0.2, 0.25) is 0 Å². The second-order valence-corrected chi connectivity index (χ2v) is 10.2. The Bertz CT molecular complexity index is 1260. The molecule has 2 fully saturated rings. The summed E-state index contributed by atoms with van der Waals surface area (Å²) < 4.78 is 56.1. The van der Waals surface area contributed by atoms with Gasteiger partial charge in [-0.25, -0.2) is 19.3 Å². The van der Waals surface area contributed by atoms with E-state index < -0.39 is 17.6 Å². The van der Waals surface area contributed by atoms with E-state index in [1.807, 2.05) is 6.20 Å². The molecule has 12 heteroatoms. The summed E-state index contributed by atoms with van der Waals surface area (Å²) in [6.07, 6.45) is 2.44. The molecule has 2 saturated heterocycles. The van der Waals surface area contributed by atoms with Crippen LogP contribution in [0.5, 0.6) is 0 Å². The molecular formula is C26H30ClF4N7. The predicted molar refractivity (Wildman–Crippen MR) is 139 cm³/mol. The average Bonchev–Trinajstić information content (AvgIpc) is 3.58. The third-order valence-corrected chi connectivity index (χ3v) is 7.75. The van der Waals surface area contributed by atoms with Crippen LogP contribution in [0.2, 0.25) is 5.02 Å². The van der Waals surface area contributed by atoms with Gasteiger partial charge in [-0.15, -0.1) is 0 Å². The number of halogens is 5. The van der Waals surface area contributed by atoms with E-state index in [0.29, 0.717) is 42.0 Å². The Hall–Kier alpha value is -2.92. The zero-order chi connectivity index (χ0) is 26.9. The molecule has 0 atom stereocenters. The Labute approximate surface area is 223 Å². The van der Waals surface area contributed by atoms with Crippen molar-refractivity contribution in [3.63, 3.8) is 0 Å². The number of piperidine rings is 1. The molecule has 1 N–H and O–H groups in total. The number of nitrogens with one attached hydrogen (secondary N) is 1. The summed E-state index contributed by atoms with van der Waals surface area (Å²) in [6, 6.07) is 3.08. The number of nitrogens with zero attached hydrogens (tertiary/aromatic N) is 6. The van der Waals surface area contributed by atoms with Crippen LogP contribution in [0.15, 0.2) is 30.7 Å². The Balaban J connectivity index is 1.40. The lowest BCUT2D eigenvalue weighted by atomic mass is 9.96. The zero-order valence-corrected chi connectivity index (χ0v) is 21.9. The topological polar surface area (TPSA) is 62.1 Å². The smallest absolute Gasteiger partial charge is 0.372 e. The molecule has 0 bridgehead atoms. The summed E-state index contributed by atoms with van der Waals surface area (Å²) in [5.74, 6) is 0.922. The maximum absolute atomic E-state index is 13.9. The highest BCUT2D eigenvalue weighted by molar-refractivity contribution is 6.35. The molecule has 2 aromatic heterocycles. The minimum atomic E-state index is -4.77. The molecule has 4 heterocycles. The maximum atomic E-state index is 13.9. The van der Waals surface area contributed by atoms with Gasteiger partial charge in [0.1, 0.15) is 28.8 Å². The number of imidazole rings is 1. The number of likely N-dealkylation sites (tertiary alicyclic amines) is 1. The number of rotatable bonds is 7. The SMILES string of the molecule is CNc1ncnc(N2CCC(c3nc(-c4ccc(F)c(C(F)(F)F)c4)cn3CCN3CCCC3)CC2)c1Cl. The first-order valence-corrected chi connectivity index (χ1v) is 13.2. The summed E-state index contributed by atoms with van der Waals surface area (Å²) in [5, 5.41) is 3.44. The first-order chi connectivity index (χ1) is 18.2. The quantitative estimate of drug-likeness (QED) is 0.382. The van der Waals surface area contributed by atoms with Gasteiger partial charge in [-0.3, -0.25) is 0 Å². The number of anilines is 2. The Morgan fingerprint density at radius 3 is 2.47 bits per heavy atom. The molecule has 0 aliphatic carbocycles. The molecule has 3 aromatic rings. The summed E-state index contributed by atoms with van der Waals surface area (Å²) in [6.45, 7) is 5.05. The third-order valence-electron chi connectivity index (χ3n) is 7.40. The highest BCUT2D eigenvalue weighted by Crippen LogP contribution is 2.37. The molecule has 2 aliphatic heterocycles. The van der Waals surface area contributed by atoms with Crippen LogP contribution in [0.3, 0.4) is 0 Å². The lowest BCUT2D eigenvalue weighted by molar-refractivity contribution is -0.139. The molecule has 7 nitrogen and oxygen atoms in total. The minimum Gasteiger partial charge on any atom is -0.372 e. The summed E-state index contributed by atoms with van der Waals surface area (Å²) >= 11 is 6.49. The standard InChI is InChI=1S/C26H30ClF4N7/c1-32-23-22(27)25(34-16-33-23)37-10-6-17(7-11-37)24-35-21(15-38(24)13-12-36-8-2-3-9-36)18-4-5-20(28)19(14-18)26(29,30)31/h4-5,14-17H,2-3,6-13H2,1H3,(H,32,33,34). The van der Waals surface area contributed by atoms with Gasteiger partial charge in [-0.1, -0.05) is 11.6 Å². The van der Waals surface area contributed by atoms with Crippen molar-refractivity contribution in [2.75, 3.05) is 50.0 Å². The molecule has 38 heavy (non-hydrogen) atoms. The van der Waals surface area contributed by atoms with Crippen LogP contribution in [-0.4, -0.2) is 64.2 Å². The fraction of sp³-hybridized carbons (Fsp3) is 0.500. The highest BCUT2D eigenvalue weighted by atomic mass is 35.5. The van der Waals surface area contributed by atoms with E-state index in [4.69, 9.17) is 16.6 Å². The van der Waals surface area contributed by atoms with Gasteiger partial charge >= 0.3 is 6.18 Å². The van der Waals surface area contributed by atoms with Crippen molar-refractivity contribution in [3.05, 3.63) is 53.0 Å². The fourth-order valence-electron chi connectivity index (χ4n) is 5.34. The predicted octanol–water partition coefficient (Wildman–Crippen LogP) is 5.67. The molecular weight excluding hydrogens is 522 g/mol. The summed E-state index contributed by atoms with van der Waals surface area (Å²) in [4.78, 5) is 17.8. The summed E-state index contributed by atoms with van der Waals surface area (Å²) in [7, 11) is 1.75. The first kappa shape index (κ1) is 26.7. The van der Waals surface area contributed by atoms with Gasteiger partial charge in [-0.05, 0) is 57.0 Å². The van der Waals surface area contributed by atoms with E-state index >= 15 is 0 Å². The van der Waals surface area contributed by atoms with Gasteiger partial charge in [-0.2, -0.15) is 13.2 Å². The number of alkyl halides is 3. The summed E-state index contributed by atoms with van der Waals surface area (Å²) in [5.41, 5.74) is -0.601. The molecule has 1 aromatic carbocycles. The van der Waals surface area contributed by atoms with Gasteiger partial charge in [0.25, 0.3) is 0 Å². The number of benzene rings is 1. The van der Waals surface area contributed by atoms with Crippen LogP contribution >= 0.6 is 11.6 Å². The molecule has 204 valence electrons. The molecule has 5 rings (SSSR count). The normalized spacial score (nSPS) is 17.4. The van der Waals surface area contributed by atoms with Crippen molar-refractivity contribution in [1.82, 2.24) is 24.4 Å². The lowest BCUT2D eigenvalue weighted by Gasteiger charge is -2.33. The van der Waals surface area contributed by atoms with Crippen molar-refractivity contribution < 1.29 is 17.6 Å². The molecule has 0 radical (unpaired) electrons. The molecule has 2 aliphatic rings. The van der Waals surface area contributed by atoms with Crippen LogP contribution in [0.4, 0.5) is 29.2 Å². The Kier molecular flexibility index (Phi) is 7.76. The zero-order valence-electron chi connectivity index (χ0n) is 21.1. The monoisotopic (exact) mass is 551 g/mol. The van der Waals surface area contributed by atoms with E-state index in [2.05, 4.69) is 29.7 Å². The number of aromatic nitrogens is 4. The number of hydrogen-bond acceptors (Lipinski definition) is 6. The highest BCUT2D eigenvalue weighted by Gasteiger charge is 2.35. The van der Waals surface area contributed by atoms with Crippen LogP contribution in [0, 0.1) is 5.82 Å². The van der Waals surface area contributed by atoms with Gasteiger partial charge < -0.3 is 19.7 Å². The molecule has 0 saturated carbocycles. The van der Waals surface area contributed by atoms with Crippen LogP contribution in [0.25, 0.3) is 11.3 Å². The van der Waals surface area contributed by atoms with E-state index in [9.17, 15) is 17.6 Å². The fourth-order valence-corrected chi connectivity index (χ4v) is 5.65. The van der Waals surface area contributed by atoms with E-state index in [1.54, 1.807) is 7.05 Å². The lowest BCUT2D eigenvalue weighted by Crippen LogP contribution is -2.35. The van der Waals surface area contributed by atoms with Gasteiger partial charge in [0, 0.05) is 50.9 Å². The molecule has 0 amide bonds. The first-order valence-electron chi connectivity index (χ1n) is 12.8. The minimum absolute atomic E-state index is 0.116. The maximum Gasteiger partial charge on any atom is 0.419 e. The molecule has 0 unspecified atom stereocenters. The Morgan fingerprint density at radius 2 is 1.79 bits per heavy atom. The second kappa shape index (κ2) is 11.1. The Morgan fingerprint density at radius 1 is 1.05 bits per heavy atom. The van der Waals surface area contributed by atoms with Gasteiger partial charge in [0.05, 0.1) is 11.3 Å². The second-order valence-electron chi connectivity index (χ2n) is 9.79. The largest absolute Gasteiger partial charge is 0.419 e. The molecule has 0 spiro atoms. The van der Waals surface area contributed by atoms with Crippen molar-refractivity contribution in [3.8, 4) is 11.3 Å². The van der Waals surface area contributed by atoms with Crippen LogP contribution in [-0.2, 0) is 12.7 Å². The van der Waals surface area contributed by atoms with Crippen LogP contribution in [0.1, 0.15) is 43.0 Å². The van der Waals surface area contributed by atoms with E-state index in [1.165, 1.54) is 25.2 Å². The number of hydrogen-bond donors (Lipinski definition) is 1. The average molecular weight is 552 g/mol. The van der Waals surface area contributed by atoms with E-state index in [-0.39, 0.29) is 11.5 Å².